The first kappa shape index (κ1) is 16.6. The van der Waals surface area contributed by atoms with E-state index in [4.69, 9.17) is 0 Å². The number of benzene rings is 1. The fourth-order valence-corrected chi connectivity index (χ4v) is 4.78. The largest absolute Gasteiger partial charge is 0.342 e. The van der Waals surface area contributed by atoms with Crippen LogP contribution in [0.1, 0.15) is 32.1 Å². The van der Waals surface area contributed by atoms with E-state index < -0.39 is 0 Å². The number of nitrogens with one attached hydrogen (secondary N) is 1. The molecule has 1 aromatic carbocycles. The third kappa shape index (κ3) is 3.89. The van der Waals surface area contributed by atoms with Gasteiger partial charge in [-0.2, -0.15) is 0 Å². The van der Waals surface area contributed by atoms with Gasteiger partial charge in [0.05, 0.1) is 5.75 Å². The van der Waals surface area contributed by atoms with Crippen molar-refractivity contribution in [3.63, 3.8) is 0 Å². The molecule has 1 saturated carbocycles. The second kappa shape index (κ2) is 7.60. The molecule has 1 saturated heterocycles. The van der Waals surface area contributed by atoms with Gasteiger partial charge in [-0.1, -0.05) is 61.4 Å². The quantitative estimate of drug-likeness (QED) is 0.850. The smallest absolute Gasteiger partial charge is 0.233 e. The van der Waals surface area contributed by atoms with Gasteiger partial charge in [-0.25, -0.2) is 4.98 Å². The Kier molecular flexibility index (Phi) is 5.06. The van der Waals surface area contributed by atoms with E-state index in [1.165, 1.54) is 43.9 Å². The highest BCUT2D eigenvalue weighted by Gasteiger charge is 2.32. The number of fused-ring (bicyclic) bond motifs is 1. The summed E-state index contributed by atoms with van der Waals surface area (Å²) in [5.74, 6) is 2.97. The normalized spacial score (nSPS) is 23.3. The van der Waals surface area contributed by atoms with Crippen LogP contribution in [0.3, 0.4) is 0 Å². The Balaban J connectivity index is 1.31. The van der Waals surface area contributed by atoms with E-state index in [-0.39, 0.29) is 5.91 Å². The molecule has 2 aliphatic rings. The van der Waals surface area contributed by atoms with Crippen LogP contribution >= 0.6 is 11.8 Å². The number of carbonyl (C=O) groups excluding carboxylic acids is 1. The standard InChI is InChI=1S/C19H24N4OS/c24-17(23-11-10-14-6-4-5-9-16(14)12-23)13-25-19-20-18(21-22-19)15-7-2-1-3-8-15/h1-3,7-8,14,16H,4-6,9-13H2,(H,20,21,22)/t14-,16+/m1/s1. The number of likely N-dealkylation sites (tertiary alicyclic amines) is 1. The van der Waals surface area contributed by atoms with Crippen molar-refractivity contribution >= 4 is 17.7 Å². The zero-order chi connectivity index (χ0) is 17.1. The predicted octanol–water partition coefficient (Wildman–Crippen LogP) is 3.60. The van der Waals surface area contributed by atoms with E-state index >= 15 is 0 Å². The zero-order valence-corrected chi connectivity index (χ0v) is 15.2. The van der Waals surface area contributed by atoms with Crippen LogP contribution in [0.4, 0.5) is 0 Å². The number of nitrogens with zero attached hydrogens (tertiary/aromatic N) is 3. The minimum absolute atomic E-state index is 0.222. The lowest BCUT2D eigenvalue weighted by Gasteiger charge is -2.41. The Morgan fingerprint density at radius 2 is 1.96 bits per heavy atom. The maximum absolute atomic E-state index is 12.6. The highest BCUT2D eigenvalue weighted by atomic mass is 32.2. The van der Waals surface area contributed by atoms with Crippen molar-refractivity contribution in [3.8, 4) is 11.4 Å². The number of H-pyrrole nitrogens is 1. The second-order valence-electron chi connectivity index (χ2n) is 7.05. The van der Waals surface area contributed by atoms with Crippen LogP contribution in [0, 0.1) is 11.8 Å². The number of carbonyl (C=O) groups is 1. The maximum atomic E-state index is 12.6. The van der Waals surface area contributed by atoms with E-state index in [9.17, 15) is 4.79 Å². The van der Waals surface area contributed by atoms with Crippen LogP contribution in [0.5, 0.6) is 0 Å². The molecule has 1 N–H and O–H groups in total. The van der Waals surface area contributed by atoms with Crippen LogP contribution in [0.2, 0.25) is 0 Å². The lowest BCUT2D eigenvalue weighted by atomic mass is 9.75. The number of rotatable bonds is 4. The van der Waals surface area contributed by atoms with Crippen LogP contribution in [-0.2, 0) is 4.79 Å². The molecule has 6 heteroatoms. The molecule has 25 heavy (non-hydrogen) atoms. The van der Waals surface area contributed by atoms with Crippen molar-refractivity contribution in [2.75, 3.05) is 18.8 Å². The van der Waals surface area contributed by atoms with Gasteiger partial charge < -0.3 is 4.90 Å². The molecule has 0 radical (unpaired) electrons. The van der Waals surface area contributed by atoms with Gasteiger partial charge in [-0.3, -0.25) is 9.89 Å². The van der Waals surface area contributed by atoms with Crippen LogP contribution in [-0.4, -0.2) is 44.8 Å². The van der Waals surface area contributed by atoms with Crippen molar-refractivity contribution in [2.45, 2.75) is 37.3 Å². The van der Waals surface area contributed by atoms with Crippen molar-refractivity contribution in [3.05, 3.63) is 30.3 Å². The number of amides is 1. The summed E-state index contributed by atoms with van der Waals surface area (Å²) in [6, 6.07) is 9.92. The number of aromatic amines is 1. The van der Waals surface area contributed by atoms with E-state index in [1.807, 2.05) is 30.3 Å². The average Bonchev–Trinajstić information content (AvgIpc) is 3.15. The molecule has 5 nitrogen and oxygen atoms in total. The summed E-state index contributed by atoms with van der Waals surface area (Å²) >= 11 is 1.42. The fraction of sp³-hybridized carbons (Fsp3) is 0.526. The number of aromatic nitrogens is 3. The lowest BCUT2D eigenvalue weighted by molar-refractivity contribution is -0.131. The van der Waals surface area contributed by atoms with Crippen molar-refractivity contribution in [1.82, 2.24) is 20.1 Å². The molecule has 0 spiro atoms. The molecule has 1 aromatic heterocycles. The van der Waals surface area contributed by atoms with E-state index in [0.29, 0.717) is 10.9 Å². The molecule has 4 rings (SSSR count). The van der Waals surface area contributed by atoms with E-state index in [1.54, 1.807) is 0 Å². The number of piperidine rings is 1. The van der Waals surface area contributed by atoms with Gasteiger partial charge in [0.25, 0.3) is 0 Å². The molecule has 2 atom stereocenters. The summed E-state index contributed by atoms with van der Waals surface area (Å²) in [6.07, 6.45) is 6.54. The first-order valence-electron chi connectivity index (χ1n) is 9.18. The second-order valence-corrected chi connectivity index (χ2v) is 8.00. The van der Waals surface area contributed by atoms with Crippen molar-refractivity contribution in [2.24, 2.45) is 11.8 Å². The fourth-order valence-electron chi connectivity index (χ4n) is 4.08. The van der Waals surface area contributed by atoms with Gasteiger partial charge in [0.15, 0.2) is 5.82 Å². The summed E-state index contributed by atoms with van der Waals surface area (Å²) in [7, 11) is 0. The molecule has 1 aliphatic heterocycles. The lowest BCUT2D eigenvalue weighted by Crippen LogP contribution is -2.45. The molecule has 2 heterocycles. The Morgan fingerprint density at radius 3 is 2.80 bits per heavy atom. The zero-order valence-electron chi connectivity index (χ0n) is 14.4. The van der Waals surface area contributed by atoms with Crippen LogP contribution in [0.25, 0.3) is 11.4 Å². The first-order chi connectivity index (χ1) is 12.3. The summed E-state index contributed by atoms with van der Waals surface area (Å²) in [6.45, 7) is 1.87. The Labute approximate surface area is 152 Å². The van der Waals surface area contributed by atoms with Gasteiger partial charge in [0, 0.05) is 18.7 Å². The van der Waals surface area contributed by atoms with Crippen LogP contribution < -0.4 is 0 Å². The number of hydrogen-bond acceptors (Lipinski definition) is 4. The minimum atomic E-state index is 0.222. The average molecular weight is 356 g/mol. The van der Waals surface area contributed by atoms with Crippen molar-refractivity contribution in [1.29, 1.82) is 0 Å². The van der Waals surface area contributed by atoms with Crippen molar-refractivity contribution < 1.29 is 4.79 Å². The molecule has 2 aromatic rings. The summed E-state index contributed by atoms with van der Waals surface area (Å²) < 4.78 is 0. The molecule has 0 unspecified atom stereocenters. The van der Waals surface area contributed by atoms with Gasteiger partial charge >= 0.3 is 0 Å². The van der Waals surface area contributed by atoms with E-state index in [0.717, 1.165) is 36.3 Å². The van der Waals surface area contributed by atoms with Gasteiger partial charge in [-0.15, -0.1) is 5.10 Å². The summed E-state index contributed by atoms with van der Waals surface area (Å²) in [5, 5.41) is 7.83. The summed E-state index contributed by atoms with van der Waals surface area (Å²) in [4.78, 5) is 19.1. The van der Waals surface area contributed by atoms with E-state index in [2.05, 4.69) is 20.1 Å². The molecule has 0 bridgehead atoms. The highest BCUT2D eigenvalue weighted by molar-refractivity contribution is 7.99. The molecular weight excluding hydrogens is 332 g/mol. The number of hydrogen-bond donors (Lipinski definition) is 1. The van der Waals surface area contributed by atoms with Crippen LogP contribution in [0.15, 0.2) is 35.5 Å². The first-order valence-corrected chi connectivity index (χ1v) is 10.2. The summed E-state index contributed by atoms with van der Waals surface area (Å²) in [5.41, 5.74) is 1.01. The predicted molar refractivity (Wildman–Crippen MR) is 99.2 cm³/mol. The SMILES string of the molecule is O=C(CSc1n[nH]c(-c2ccccc2)n1)N1CC[C@H]2CCCC[C@H]2C1. The third-order valence-electron chi connectivity index (χ3n) is 5.48. The monoisotopic (exact) mass is 356 g/mol. The van der Waals surface area contributed by atoms with Gasteiger partial charge in [-0.05, 0) is 24.7 Å². The molecule has 1 amide bonds. The molecule has 1 aliphatic carbocycles. The minimum Gasteiger partial charge on any atom is -0.342 e. The Hall–Kier alpha value is -1.82. The molecule has 132 valence electrons. The topological polar surface area (TPSA) is 61.9 Å². The third-order valence-corrected chi connectivity index (χ3v) is 6.31. The van der Waals surface area contributed by atoms with Gasteiger partial charge in [0.2, 0.25) is 11.1 Å². The number of thioether (sulfide) groups is 1. The Bertz CT molecular complexity index is 717. The maximum Gasteiger partial charge on any atom is 0.233 e. The highest BCUT2D eigenvalue weighted by Crippen LogP contribution is 2.36. The molecular formula is C19H24N4OS. The Morgan fingerprint density at radius 1 is 1.16 bits per heavy atom. The molecule has 2 fully saturated rings. The van der Waals surface area contributed by atoms with Gasteiger partial charge in [0.1, 0.15) is 0 Å².